The molecule has 48 heavy (non-hydrogen) atoms. The van der Waals surface area contributed by atoms with Gasteiger partial charge in [0.2, 0.25) is 17.8 Å². The number of carbonyl (C=O) groups excluding carboxylic acids is 3. The van der Waals surface area contributed by atoms with Crippen molar-refractivity contribution < 1.29 is 18.8 Å². The maximum absolute atomic E-state index is 15.9. The number of anilines is 2. The van der Waals surface area contributed by atoms with Gasteiger partial charge in [0.15, 0.2) is 0 Å². The van der Waals surface area contributed by atoms with Crippen LogP contribution >= 0.6 is 0 Å². The molecule has 2 N–H and O–H groups in total. The quantitative estimate of drug-likeness (QED) is 0.337. The number of nitrogens with one attached hydrogen (secondary N) is 2. The van der Waals surface area contributed by atoms with Crippen LogP contribution in [0.25, 0.3) is 0 Å². The number of rotatable bonds is 8. The largest absolute Gasteiger partial charge is 0.371 e. The number of imide groups is 1. The molecule has 3 aromatic rings. The molecule has 11 heteroatoms. The summed E-state index contributed by atoms with van der Waals surface area (Å²) in [4.78, 5) is 52.4. The minimum Gasteiger partial charge on any atom is -0.371 e. The van der Waals surface area contributed by atoms with Crippen LogP contribution in [-0.4, -0.2) is 75.8 Å². The fourth-order valence-electron chi connectivity index (χ4n) is 7.91. The minimum atomic E-state index is -0.743. The van der Waals surface area contributed by atoms with Crippen LogP contribution in [0.15, 0.2) is 48.8 Å². The number of carbonyl (C=O) groups is 3. The van der Waals surface area contributed by atoms with Gasteiger partial charge in [-0.1, -0.05) is 18.2 Å². The standard InChI is InChI=1S/C37H42FN7O3/c38-34-29(7-8-30-31(34)22-45(36(30)48)32-9-10-33(46)42-35(32)47)25-11-15-43(16-12-25)21-23-1-5-28(6-2-23)44-17-13-27(14-18-44)41-37-39-19-26(20-40-37)24-3-4-24/h1-2,5-8,19-20,24-25,27,32H,3-4,9-18,21-22H2,(H,39,40,41)(H,42,46,47). The molecule has 10 nitrogen and oxygen atoms in total. The second-order valence-electron chi connectivity index (χ2n) is 14.1. The Labute approximate surface area is 280 Å². The fourth-order valence-corrected chi connectivity index (χ4v) is 7.91. The zero-order chi connectivity index (χ0) is 32.8. The first kappa shape index (κ1) is 30.9. The molecule has 0 bridgehead atoms. The van der Waals surface area contributed by atoms with Crippen LogP contribution < -0.4 is 15.5 Å². The van der Waals surface area contributed by atoms with Gasteiger partial charge in [-0.15, -0.1) is 0 Å². The van der Waals surface area contributed by atoms with E-state index < -0.39 is 11.9 Å². The van der Waals surface area contributed by atoms with E-state index >= 15 is 4.39 Å². The number of amides is 3. The van der Waals surface area contributed by atoms with Gasteiger partial charge in [0, 0.05) is 61.3 Å². The van der Waals surface area contributed by atoms with Crippen molar-refractivity contribution >= 4 is 29.4 Å². The van der Waals surface area contributed by atoms with Gasteiger partial charge in [-0.25, -0.2) is 14.4 Å². The summed E-state index contributed by atoms with van der Waals surface area (Å²) in [5, 5.41) is 5.83. The number of likely N-dealkylation sites (tertiary alicyclic amines) is 1. The van der Waals surface area contributed by atoms with Crippen molar-refractivity contribution in [3.05, 3.63) is 82.4 Å². The van der Waals surface area contributed by atoms with E-state index in [4.69, 9.17) is 0 Å². The third-order valence-corrected chi connectivity index (χ3v) is 11.0. The SMILES string of the molecule is O=C1CCC(N2Cc3c(ccc(C4CCN(Cc5ccc(N6CCC(Nc7ncc(C8CC8)cn7)CC6)cc5)CC4)c3F)C2=O)C(=O)N1. The van der Waals surface area contributed by atoms with Crippen LogP contribution in [0.5, 0.6) is 0 Å². The fraction of sp³-hybridized carbons (Fsp3) is 0.486. The Morgan fingerprint density at radius 3 is 2.25 bits per heavy atom. The number of nitrogens with zero attached hydrogens (tertiary/aromatic N) is 5. The van der Waals surface area contributed by atoms with Crippen molar-refractivity contribution in [2.45, 2.75) is 88.4 Å². The summed E-state index contributed by atoms with van der Waals surface area (Å²) in [6.45, 7) is 4.66. The first-order valence-electron chi connectivity index (χ1n) is 17.5. The Balaban J connectivity index is 0.813. The van der Waals surface area contributed by atoms with Crippen LogP contribution in [0, 0.1) is 5.82 Å². The Hall–Kier alpha value is -4.38. The molecule has 3 saturated heterocycles. The van der Waals surface area contributed by atoms with Gasteiger partial charge >= 0.3 is 0 Å². The lowest BCUT2D eigenvalue weighted by Crippen LogP contribution is -2.52. The summed E-state index contributed by atoms with van der Waals surface area (Å²) in [5.74, 6) is 0.0146. The first-order chi connectivity index (χ1) is 23.4. The van der Waals surface area contributed by atoms with Crippen molar-refractivity contribution in [2.75, 3.05) is 36.4 Å². The molecule has 1 unspecified atom stereocenters. The lowest BCUT2D eigenvalue weighted by atomic mass is 9.87. The smallest absolute Gasteiger partial charge is 0.255 e. The predicted octanol–water partition coefficient (Wildman–Crippen LogP) is 4.71. The lowest BCUT2D eigenvalue weighted by Gasteiger charge is -2.34. The molecular weight excluding hydrogens is 609 g/mol. The minimum absolute atomic E-state index is 0.0630. The first-order valence-corrected chi connectivity index (χ1v) is 17.5. The van der Waals surface area contributed by atoms with E-state index in [0.29, 0.717) is 28.7 Å². The van der Waals surface area contributed by atoms with Crippen molar-refractivity contribution in [2.24, 2.45) is 0 Å². The van der Waals surface area contributed by atoms with E-state index in [2.05, 4.69) is 54.7 Å². The second-order valence-corrected chi connectivity index (χ2v) is 14.1. The highest BCUT2D eigenvalue weighted by atomic mass is 19.1. The highest BCUT2D eigenvalue weighted by molar-refractivity contribution is 6.05. The number of halogens is 1. The number of hydrogen-bond donors (Lipinski definition) is 2. The topological polar surface area (TPSA) is 111 Å². The van der Waals surface area contributed by atoms with Gasteiger partial charge in [0.05, 0.1) is 6.54 Å². The maximum Gasteiger partial charge on any atom is 0.255 e. The molecule has 4 aliphatic heterocycles. The van der Waals surface area contributed by atoms with E-state index in [1.54, 1.807) is 12.1 Å². The normalized spacial score (nSPS) is 22.6. The van der Waals surface area contributed by atoms with Crippen LogP contribution in [0.4, 0.5) is 16.0 Å². The number of piperidine rings is 3. The van der Waals surface area contributed by atoms with Gasteiger partial charge < -0.3 is 15.1 Å². The number of hydrogen-bond acceptors (Lipinski definition) is 8. The average Bonchev–Trinajstić information content (AvgIpc) is 3.90. The van der Waals surface area contributed by atoms with E-state index in [0.717, 1.165) is 64.4 Å². The van der Waals surface area contributed by atoms with Crippen LogP contribution in [-0.2, 0) is 22.7 Å². The summed E-state index contributed by atoms with van der Waals surface area (Å²) in [6, 6.07) is 12.0. The van der Waals surface area contributed by atoms with E-state index in [-0.39, 0.29) is 42.9 Å². The van der Waals surface area contributed by atoms with E-state index in [1.807, 2.05) is 12.4 Å². The Bertz CT molecular complexity index is 1700. The Morgan fingerprint density at radius 2 is 1.56 bits per heavy atom. The van der Waals surface area contributed by atoms with Crippen molar-refractivity contribution in [3.8, 4) is 0 Å². The highest BCUT2D eigenvalue weighted by Gasteiger charge is 2.41. The van der Waals surface area contributed by atoms with Crippen molar-refractivity contribution in [1.29, 1.82) is 0 Å². The van der Waals surface area contributed by atoms with Gasteiger partial charge in [-0.2, -0.15) is 0 Å². The summed E-state index contributed by atoms with van der Waals surface area (Å²) in [5.41, 5.74) is 5.15. The van der Waals surface area contributed by atoms with Gasteiger partial charge in [0.1, 0.15) is 11.9 Å². The molecule has 1 aromatic heterocycles. The molecular formula is C37H42FN7O3. The number of fused-ring (bicyclic) bond motifs is 1. The zero-order valence-corrected chi connectivity index (χ0v) is 27.2. The maximum atomic E-state index is 15.9. The van der Waals surface area contributed by atoms with Crippen molar-refractivity contribution in [1.82, 2.24) is 25.1 Å². The third-order valence-electron chi connectivity index (χ3n) is 11.0. The monoisotopic (exact) mass is 651 g/mol. The number of benzene rings is 2. The van der Waals surface area contributed by atoms with Gasteiger partial charge in [-0.3, -0.25) is 24.6 Å². The lowest BCUT2D eigenvalue weighted by molar-refractivity contribution is -0.136. The average molecular weight is 652 g/mol. The van der Waals surface area contributed by atoms with E-state index in [1.165, 1.54) is 34.6 Å². The molecule has 1 atom stereocenters. The van der Waals surface area contributed by atoms with Gasteiger partial charge in [0.25, 0.3) is 5.91 Å². The highest BCUT2D eigenvalue weighted by Crippen LogP contribution is 2.39. The summed E-state index contributed by atoms with van der Waals surface area (Å²) < 4.78 is 15.9. The van der Waals surface area contributed by atoms with Gasteiger partial charge in [-0.05, 0) is 105 Å². The summed E-state index contributed by atoms with van der Waals surface area (Å²) in [6.07, 6.45) is 10.7. The molecule has 0 spiro atoms. The molecule has 4 fully saturated rings. The zero-order valence-electron chi connectivity index (χ0n) is 27.2. The van der Waals surface area contributed by atoms with Crippen molar-refractivity contribution in [3.63, 3.8) is 0 Å². The summed E-state index contributed by atoms with van der Waals surface area (Å²) in [7, 11) is 0. The van der Waals surface area contributed by atoms with E-state index in [9.17, 15) is 14.4 Å². The van der Waals surface area contributed by atoms with Crippen LogP contribution in [0.2, 0.25) is 0 Å². The Morgan fingerprint density at radius 1 is 0.833 bits per heavy atom. The summed E-state index contributed by atoms with van der Waals surface area (Å²) >= 11 is 0. The number of aromatic nitrogens is 2. The second kappa shape index (κ2) is 12.9. The molecule has 2 aromatic carbocycles. The Kier molecular flexibility index (Phi) is 8.32. The van der Waals surface area contributed by atoms with Crippen LogP contribution in [0.3, 0.4) is 0 Å². The molecule has 3 amide bonds. The molecule has 0 radical (unpaired) electrons. The van der Waals surface area contributed by atoms with Crippen LogP contribution in [0.1, 0.15) is 95.8 Å². The molecule has 250 valence electrons. The third kappa shape index (κ3) is 6.27. The molecule has 8 rings (SSSR count). The molecule has 5 heterocycles. The molecule has 1 saturated carbocycles. The molecule has 1 aliphatic carbocycles. The molecule has 5 aliphatic rings. The predicted molar refractivity (Wildman–Crippen MR) is 179 cm³/mol.